The Kier molecular flexibility index (Phi) is 3.35. The molecule has 5 N–H and O–H groups in total. The van der Waals surface area contributed by atoms with Crippen LogP contribution in [0.1, 0.15) is 6.23 Å². The molecular formula is C8H13BN4O5. The zero-order valence-corrected chi connectivity index (χ0v) is 9.59. The number of ether oxygens (including phenoxy) is 1. The van der Waals surface area contributed by atoms with Crippen LogP contribution < -0.4 is 17.1 Å². The van der Waals surface area contributed by atoms with E-state index in [1.54, 1.807) is 0 Å². The van der Waals surface area contributed by atoms with E-state index < -0.39 is 36.8 Å². The Hall–Kier alpha value is -1.49. The van der Waals surface area contributed by atoms with Crippen LogP contribution in [0.25, 0.3) is 0 Å². The van der Waals surface area contributed by atoms with E-state index in [1.165, 1.54) is 7.85 Å². The maximum absolute atomic E-state index is 11.7. The van der Waals surface area contributed by atoms with E-state index in [4.69, 9.17) is 15.6 Å². The van der Waals surface area contributed by atoms with Crippen molar-refractivity contribution in [1.82, 2.24) is 14.5 Å². The summed E-state index contributed by atoms with van der Waals surface area (Å²) in [4.78, 5) is 18.9. The van der Waals surface area contributed by atoms with Crippen molar-refractivity contribution >= 4 is 19.5 Å². The molecule has 18 heavy (non-hydrogen) atoms. The first-order valence-corrected chi connectivity index (χ1v) is 5.30. The molecule has 2 heterocycles. The van der Waals surface area contributed by atoms with Crippen molar-refractivity contribution in [3.8, 4) is 0 Å². The summed E-state index contributed by atoms with van der Waals surface area (Å²) in [6, 6.07) is 0. The molecule has 0 aliphatic carbocycles. The second kappa shape index (κ2) is 4.65. The molecule has 1 aliphatic heterocycles. The lowest BCUT2D eigenvalue weighted by Gasteiger charge is -2.19. The van der Waals surface area contributed by atoms with E-state index in [2.05, 4.69) is 9.97 Å². The highest BCUT2D eigenvalue weighted by molar-refractivity contribution is 6.29. The number of nitrogen functional groups attached to an aromatic ring is 1. The zero-order chi connectivity index (χ0) is 13.4. The van der Waals surface area contributed by atoms with Gasteiger partial charge in [-0.2, -0.15) is 4.98 Å². The van der Waals surface area contributed by atoms with Crippen molar-refractivity contribution in [3.05, 3.63) is 10.5 Å². The molecule has 1 aliphatic rings. The molecule has 2 rings (SSSR count). The Labute approximate surface area is 102 Å². The van der Waals surface area contributed by atoms with E-state index in [-0.39, 0.29) is 11.7 Å². The molecule has 1 fully saturated rings. The average molecular weight is 256 g/mol. The fraction of sp³-hybridized carbons (Fsp3) is 0.625. The molecular weight excluding hydrogens is 243 g/mol. The predicted octanol–water partition coefficient (Wildman–Crippen LogP) is -4.91. The quantitative estimate of drug-likeness (QED) is 0.385. The minimum atomic E-state index is -1.36. The monoisotopic (exact) mass is 256 g/mol. The van der Waals surface area contributed by atoms with Crippen molar-refractivity contribution in [3.63, 3.8) is 0 Å². The minimum absolute atomic E-state index is 0.180. The second-order valence-electron chi connectivity index (χ2n) is 4.01. The van der Waals surface area contributed by atoms with Gasteiger partial charge in [0.25, 0.3) is 0 Å². The number of anilines is 1. The fourth-order valence-corrected chi connectivity index (χ4v) is 1.92. The van der Waals surface area contributed by atoms with Gasteiger partial charge >= 0.3 is 5.69 Å². The lowest BCUT2D eigenvalue weighted by Crippen LogP contribution is -2.44. The summed E-state index contributed by atoms with van der Waals surface area (Å²) in [6.45, 7) is -0.474. The van der Waals surface area contributed by atoms with Gasteiger partial charge in [0, 0.05) is 0 Å². The van der Waals surface area contributed by atoms with E-state index in [9.17, 15) is 15.0 Å². The average Bonchev–Trinajstić information content (AvgIpc) is 2.56. The van der Waals surface area contributed by atoms with Crippen LogP contribution in [0, 0.1) is 0 Å². The third-order valence-electron chi connectivity index (χ3n) is 2.81. The Balaban J connectivity index is 2.42. The van der Waals surface area contributed by atoms with E-state index >= 15 is 0 Å². The third kappa shape index (κ3) is 1.99. The number of nitrogens with two attached hydrogens (primary N) is 1. The number of aromatic nitrogens is 3. The van der Waals surface area contributed by atoms with Gasteiger partial charge in [-0.05, 0) is 0 Å². The molecule has 0 spiro atoms. The molecule has 0 bridgehead atoms. The van der Waals surface area contributed by atoms with Crippen LogP contribution >= 0.6 is 0 Å². The van der Waals surface area contributed by atoms with E-state index in [1.807, 2.05) is 0 Å². The van der Waals surface area contributed by atoms with E-state index in [0.717, 1.165) is 4.57 Å². The first-order valence-electron chi connectivity index (χ1n) is 5.30. The second-order valence-corrected chi connectivity index (χ2v) is 4.01. The number of nitrogens with zero attached hydrogens (tertiary/aromatic N) is 3. The number of rotatable bonds is 2. The Morgan fingerprint density at radius 3 is 2.56 bits per heavy atom. The van der Waals surface area contributed by atoms with Crippen LogP contribution in [-0.2, 0) is 4.74 Å². The van der Waals surface area contributed by atoms with Crippen molar-refractivity contribution in [2.75, 3.05) is 12.3 Å². The maximum Gasteiger partial charge on any atom is 0.353 e. The normalized spacial score (nSPS) is 31.7. The fourth-order valence-electron chi connectivity index (χ4n) is 1.92. The van der Waals surface area contributed by atoms with Crippen molar-refractivity contribution in [2.24, 2.45) is 0 Å². The van der Waals surface area contributed by atoms with Crippen LogP contribution in [0.2, 0.25) is 0 Å². The van der Waals surface area contributed by atoms with Gasteiger partial charge in [0.15, 0.2) is 14.1 Å². The lowest BCUT2D eigenvalue weighted by molar-refractivity contribution is -0.0537. The van der Waals surface area contributed by atoms with Crippen LogP contribution in [0.4, 0.5) is 5.95 Å². The van der Waals surface area contributed by atoms with Crippen molar-refractivity contribution in [2.45, 2.75) is 24.5 Å². The summed E-state index contributed by atoms with van der Waals surface area (Å²) in [6.07, 6.45) is -4.76. The summed E-state index contributed by atoms with van der Waals surface area (Å²) in [5, 5.41) is 28.4. The minimum Gasteiger partial charge on any atom is -0.394 e. The first-order chi connectivity index (χ1) is 8.45. The van der Waals surface area contributed by atoms with Gasteiger partial charge in [-0.3, -0.25) is 4.57 Å². The van der Waals surface area contributed by atoms with Crippen LogP contribution in [0.15, 0.2) is 4.79 Å². The molecule has 0 saturated carbocycles. The zero-order valence-electron chi connectivity index (χ0n) is 9.59. The summed E-state index contributed by atoms with van der Waals surface area (Å²) in [7, 11) is 1.49. The third-order valence-corrected chi connectivity index (χ3v) is 2.81. The van der Waals surface area contributed by atoms with Gasteiger partial charge in [-0.1, -0.05) is 0 Å². The molecule has 0 radical (unpaired) electrons. The molecule has 0 aromatic carbocycles. The Morgan fingerprint density at radius 2 is 2.06 bits per heavy atom. The van der Waals surface area contributed by atoms with Crippen LogP contribution in [0.5, 0.6) is 0 Å². The van der Waals surface area contributed by atoms with Crippen LogP contribution in [-0.4, -0.2) is 62.6 Å². The van der Waals surface area contributed by atoms with Crippen molar-refractivity contribution < 1.29 is 20.1 Å². The van der Waals surface area contributed by atoms with Gasteiger partial charge in [0.05, 0.1) is 12.3 Å². The molecule has 4 atom stereocenters. The van der Waals surface area contributed by atoms with E-state index in [0.29, 0.717) is 0 Å². The van der Waals surface area contributed by atoms with Gasteiger partial charge in [-0.15, -0.1) is 0 Å². The standard InChI is InChI=1S/C8H13BN4O5/c9-6-11-7(10)12-8(17)13(6)5-4(16)3(15)2(1-14)18-5/h2-5,14-16H,1,9H2,(H2,10,12,17)/t2-,3+,4?,5?/m1/s1. The van der Waals surface area contributed by atoms with Crippen molar-refractivity contribution in [1.29, 1.82) is 0 Å². The molecule has 9 nitrogen and oxygen atoms in total. The van der Waals surface area contributed by atoms with Gasteiger partial charge in [-0.25, -0.2) is 9.78 Å². The highest BCUT2D eigenvalue weighted by atomic mass is 16.6. The molecule has 0 amide bonds. The number of hydrogen-bond donors (Lipinski definition) is 4. The molecule has 2 unspecified atom stereocenters. The Morgan fingerprint density at radius 1 is 1.39 bits per heavy atom. The predicted molar refractivity (Wildman–Crippen MR) is 61.9 cm³/mol. The lowest BCUT2D eigenvalue weighted by atomic mass is 10.1. The maximum atomic E-state index is 11.7. The summed E-state index contributed by atoms with van der Waals surface area (Å²) < 4.78 is 6.20. The molecule has 1 aromatic rings. The molecule has 1 saturated heterocycles. The topological polar surface area (TPSA) is 144 Å². The van der Waals surface area contributed by atoms with Gasteiger partial charge in [0.2, 0.25) is 5.95 Å². The highest BCUT2D eigenvalue weighted by Crippen LogP contribution is 2.27. The highest BCUT2D eigenvalue weighted by Gasteiger charge is 2.44. The Bertz CT molecular complexity index is 509. The number of aliphatic hydroxyl groups is 3. The summed E-state index contributed by atoms with van der Waals surface area (Å²) >= 11 is 0. The molecule has 98 valence electrons. The van der Waals surface area contributed by atoms with Gasteiger partial charge in [0.1, 0.15) is 18.3 Å². The molecule has 1 aromatic heterocycles. The van der Waals surface area contributed by atoms with Gasteiger partial charge < -0.3 is 25.8 Å². The molecule has 10 heteroatoms. The van der Waals surface area contributed by atoms with Crippen LogP contribution in [0.3, 0.4) is 0 Å². The smallest absolute Gasteiger partial charge is 0.353 e. The first kappa shape index (κ1) is 13.0. The largest absolute Gasteiger partial charge is 0.394 e. The number of aliphatic hydroxyl groups excluding tert-OH is 3. The summed E-state index contributed by atoms with van der Waals surface area (Å²) in [5.74, 6) is -0.180. The summed E-state index contributed by atoms with van der Waals surface area (Å²) in [5.41, 5.74) is 4.77. The number of hydrogen-bond acceptors (Lipinski definition) is 8. The SMILES string of the molecule is Bc1nc(N)nc(=O)n1C1O[C@H](CO)[C@H](O)C1O.